The molecule has 0 aromatic heterocycles. The lowest BCUT2D eigenvalue weighted by Crippen LogP contribution is -2.43. The van der Waals surface area contributed by atoms with Gasteiger partial charge in [0, 0.05) is 19.4 Å². The van der Waals surface area contributed by atoms with Crippen LogP contribution < -0.4 is 10.7 Å². The number of rotatable bonds is 0. The molecule has 0 bridgehead atoms. The quantitative estimate of drug-likeness (QED) is 0.539. The van der Waals surface area contributed by atoms with Gasteiger partial charge in [0.1, 0.15) is 0 Å². The summed E-state index contributed by atoms with van der Waals surface area (Å²) < 4.78 is 0. The molecule has 0 saturated carbocycles. The Morgan fingerprint density at radius 2 is 2.09 bits per heavy atom. The highest BCUT2D eigenvalue weighted by molar-refractivity contribution is 5.14. The van der Waals surface area contributed by atoms with Crippen molar-refractivity contribution in [2.24, 2.45) is 0 Å². The number of likely N-dealkylation sites (N-methyl/N-ethyl adjacent to an activating group) is 1. The highest BCUT2D eigenvalue weighted by Crippen LogP contribution is 2.16. The smallest absolute Gasteiger partial charge is 0.0724 e. The Balaban J connectivity index is 2.82. The fourth-order valence-corrected chi connectivity index (χ4v) is 0.980. The molecule has 1 heterocycles. The summed E-state index contributed by atoms with van der Waals surface area (Å²) in [6.45, 7) is 8.14. The minimum Gasteiger partial charge on any atom is -0.379 e. The fraction of sp³-hybridized carbons (Fsp3) is 0.500. The molecule has 0 spiro atoms. The minimum atomic E-state index is -0.0747. The first-order valence-electron chi connectivity index (χ1n) is 3.66. The van der Waals surface area contributed by atoms with Crippen LogP contribution in [-0.4, -0.2) is 17.6 Å². The van der Waals surface area contributed by atoms with Gasteiger partial charge in [-0.3, -0.25) is 5.01 Å². The summed E-state index contributed by atoms with van der Waals surface area (Å²) in [5.74, 6) is 0. The van der Waals surface area contributed by atoms with Gasteiger partial charge in [-0.15, -0.1) is 0 Å². The van der Waals surface area contributed by atoms with Gasteiger partial charge in [-0.1, -0.05) is 6.58 Å². The first kappa shape index (κ1) is 7.98. The third kappa shape index (κ3) is 1.48. The van der Waals surface area contributed by atoms with Crippen LogP contribution in [0, 0.1) is 0 Å². The molecule has 0 fully saturated rings. The number of nitrogens with zero attached hydrogens (tertiary/aromatic N) is 1. The van der Waals surface area contributed by atoms with Gasteiger partial charge in [0.25, 0.3) is 0 Å². The zero-order valence-electron chi connectivity index (χ0n) is 7.31. The van der Waals surface area contributed by atoms with Crippen molar-refractivity contribution in [3.8, 4) is 0 Å². The van der Waals surface area contributed by atoms with Crippen molar-refractivity contribution in [1.82, 2.24) is 15.8 Å². The average Bonchev–Trinajstić information content (AvgIpc) is 2.03. The van der Waals surface area contributed by atoms with Crippen LogP contribution in [0.5, 0.6) is 0 Å². The first-order chi connectivity index (χ1) is 5.04. The van der Waals surface area contributed by atoms with E-state index in [0.29, 0.717) is 0 Å². The molecule has 0 aromatic rings. The molecule has 3 nitrogen and oxygen atoms in total. The predicted octanol–water partition coefficient (Wildman–Crippen LogP) is 0.789. The summed E-state index contributed by atoms with van der Waals surface area (Å²) in [5.41, 5.74) is 3.98. The Hall–Kier alpha value is -1.12. The zero-order valence-corrected chi connectivity index (χ0v) is 7.31. The Morgan fingerprint density at radius 3 is 2.73 bits per heavy atom. The van der Waals surface area contributed by atoms with E-state index in [4.69, 9.17) is 0 Å². The van der Waals surface area contributed by atoms with E-state index in [2.05, 4.69) is 31.2 Å². The fourth-order valence-electron chi connectivity index (χ4n) is 0.980. The van der Waals surface area contributed by atoms with E-state index in [0.717, 1.165) is 5.70 Å². The van der Waals surface area contributed by atoms with Gasteiger partial charge in [-0.05, 0) is 13.8 Å². The zero-order chi connectivity index (χ0) is 8.48. The molecular weight excluding hydrogens is 138 g/mol. The Bertz CT molecular complexity index is 194. The van der Waals surface area contributed by atoms with Crippen LogP contribution >= 0.6 is 0 Å². The number of hydrazine groups is 1. The van der Waals surface area contributed by atoms with Gasteiger partial charge >= 0.3 is 0 Å². The third-order valence-corrected chi connectivity index (χ3v) is 1.92. The normalized spacial score (nSPS) is 22.1. The lowest BCUT2D eigenvalue weighted by molar-refractivity contribution is 0.299. The van der Waals surface area contributed by atoms with Crippen LogP contribution in [0.25, 0.3) is 0 Å². The molecule has 1 rings (SSSR count). The summed E-state index contributed by atoms with van der Waals surface area (Å²) in [6.07, 6.45) is 3.73. The molecule has 1 aliphatic heterocycles. The highest BCUT2D eigenvalue weighted by atomic mass is 15.5. The van der Waals surface area contributed by atoms with Crippen molar-refractivity contribution in [3.05, 3.63) is 24.7 Å². The van der Waals surface area contributed by atoms with Crippen LogP contribution in [0.1, 0.15) is 13.8 Å². The van der Waals surface area contributed by atoms with Gasteiger partial charge in [0.2, 0.25) is 0 Å². The second-order valence-corrected chi connectivity index (χ2v) is 3.24. The minimum absolute atomic E-state index is 0.0747. The molecule has 0 aromatic carbocycles. The van der Waals surface area contributed by atoms with E-state index >= 15 is 0 Å². The molecule has 3 heteroatoms. The van der Waals surface area contributed by atoms with Crippen molar-refractivity contribution >= 4 is 0 Å². The molecule has 62 valence electrons. The molecule has 0 aliphatic carbocycles. The second kappa shape index (κ2) is 2.49. The number of nitrogens with one attached hydrogen (secondary N) is 2. The predicted molar refractivity (Wildman–Crippen MR) is 46.4 cm³/mol. The first-order valence-corrected chi connectivity index (χ1v) is 3.66. The SMILES string of the molecule is C=C1N(C)NC=CNC1(C)C. The van der Waals surface area contributed by atoms with E-state index in [1.54, 1.807) is 0 Å². The Labute approximate surface area is 67.7 Å². The summed E-state index contributed by atoms with van der Waals surface area (Å²) in [5, 5.41) is 5.12. The molecule has 2 N–H and O–H groups in total. The molecular formula is C8H15N3. The van der Waals surface area contributed by atoms with E-state index in [1.807, 2.05) is 24.5 Å². The summed E-state index contributed by atoms with van der Waals surface area (Å²) in [7, 11) is 1.95. The second-order valence-electron chi connectivity index (χ2n) is 3.24. The van der Waals surface area contributed by atoms with Gasteiger partial charge in [-0.25, -0.2) is 0 Å². The van der Waals surface area contributed by atoms with Gasteiger partial charge < -0.3 is 10.7 Å². The largest absolute Gasteiger partial charge is 0.379 e. The molecule has 0 atom stereocenters. The van der Waals surface area contributed by atoms with Gasteiger partial charge in [0.05, 0.1) is 11.2 Å². The number of hydrogen-bond acceptors (Lipinski definition) is 3. The Kier molecular flexibility index (Phi) is 1.81. The topological polar surface area (TPSA) is 27.3 Å². The Morgan fingerprint density at radius 1 is 1.45 bits per heavy atom. The highest BCUT2D eigenvalue weighted by Gasteiger charge is 2.23. The average molecular weight is 153 g/mol. The van der Waals surface area contributed by atoms with Crippen LogP contribution in [0.4, 0.5) is 0 Å². The van der Waals surface area contributed by atoms with Crippen molar-refractivity contribution in [3.63, 3.8) is 0 Å². The molecule has 1 aliphatic rings. The summed E-state index contributed by atoms with van der Waals surface area (Å²) >= 11 is 0. The van der Waals surface area contributed by atoms with Crippen molar-refractivity contribution in [1.29, 1.82) is 0 Å². The van der Waals surface area contributed by atoms with E-state index in [1.165, 1.54) is 0 Å². The molecule has 0 saturated heterocycles. The monoisotopic (exact) mass is 153 g/mol. The van der Waals surface area contributed by atoms with Crippen LogP contribution in [0.15, 0.2) is 24.7 Å². The number of hydrogen-bond donors (Lipinski definition) is 2. The van der Waals surface area contributed by atoms with Crippen molar-refractivity contribution < 1.29 is 0 Å². The maximum Gasteiger partial charge on any atom is 0.0724 e. The standard InChI is InChI=1S/C8H15N3/c1-7-8(2,3)9-5-6-10-11(7)4/h5-6,9-10H,1H2,2-4H3. The molecule has 0 unspecified atom stereocenters. The lowest BCUT2D eigenvalue weighted by atomic mass is 10.0. The maximum absolute atomic E-state index is 3.97. The van der Waals surface area contributed by atoms with E-state index in [9.17, 15) is 0 Å². The van der Waals surface area contributed by atoms with Crippen molar-refractivity contribution in [2.45, 2.75) is 19.4 Å². The van der Waals surface area contributed by atoms with E-state index in [-0.39, 0.29) is 5.54 Å². The van der Waals surface area contributed by atoms with Gasteiger partial charge in [-0.2, -0.15) is 0 Å². The van der Waals surface area contributed by atoms with Crippen LogP contribution in [0.3, 0.4) is 0 Å². The molecule has 0 radical (unpaired) electrons. The maximum atomic E-state index is 3.97. The van der Waals surface area contributed by atoms with Crippen LogP contribution in [0.2, 0.25) is 0 Å². The van der Waals surface area contributed by atoms with Gasteiger partial charge in [0.15, 0.2) is 0 Å². The van der Waals surface area contributed by atoms with E-state index < -0.39 is 0 Å². The molecule has 0 amide bonds. The third-order valence-electron chi connectivity index (χ3n) is 1.92. The summed E-state index contributed by atoms with van der Waals surface area (Å²) in [4.78, 5) is 0. The van der Waals surface area contributed by atoms with Crippen LogP contribution in [-0.2, 0) is 0 Å². The lowest BCUT2D eigenvalue weighted by Gasteiger charge is -2.31. The summed E-state index contributed by atoms with van der Waals surface area (Å²) in [6, 6.07) is 0. The molecule has 11 heavy (non-hydrogen) atoms. The van der Waals surface area contributed by atoms with Crippen molar-refractivity contribution in [2.75, 3.05) is 7.05 Å².